The molecule has 0 aromatic carbocycles. The first-order valence-electron chi connectivity index (χ1n) is 7.31. The van der Waals surface area contributed by atoms with Gasteiger partial charge in [0.15, 0.2) is 5.82 Å². The van der Waals surface area contributed by atoms with Gasteiger partial charge in [0.2, 0.25) is 0 Å². The standard InChI is InChI=1S/C15H25N3O/c1-5-19-14(11-6-7-11)15-17-12(8-10(2)3)9-13(16-4)18-15/h9-11,14H,5-8H2,1-4H3,(H,16,17,18). The highest BCUT2D eigenvalue weighted by Crippen LogP contribution is 2.42. The molecule has 4 nitrogen and oxygen atoms in total. The van der Waals surface area contributed by atoms with Gasteiger partial charge in [-0.2, -0.15) is 0 Å². The molecule has 0 radical (unpaired) electrons. The smallest absolute Gasteiger partial charge is 0.160 e. The minimum atomic E-state index is 0.0733. The van der Waals surface area contributed by atoms with E-state index in [1.54, 1.807) is 0 Å². The van der Waals surface area contributed by atoms with Crippen LogP contribution in [0.4, 0.5) is 5.82 Å². The highest BCUT2D eigenvalue weighted by atomic mass is 16.5. The molecule has 1 unspecified atom stereocenters. The Hall–Kier alpha value is -1.16. The van der Waals surface area contributed by atoms with Gasteiger partial charge in [0, 0.05) is 25.4 Å². The lowest BCUT2D eigenvalue weighted by molar-refractivity contribution is 0.0399. The molecule has 1 aromatic rings. The van der Waals surface area contributed by atoms with E-state index in [1.807, 2.05) is 20.0 Å². The molecule has 0 saturated heterocycles. The lowest BCUT2D eigenvalue weighted by Gasteiger charge is -2.17. The molecular weight excluding hydrogens is 238 g/mol. The Morgan fingerprint density at radius 2 is 2.11 bits per heavy atom. The molecule has 1 N–H and O–H groups in total. The van der Waals surface area contributed by atoms with E-state index in [1.165, 1.54) is 12.8 Å². The van der Waals surface area contributed by atoms with Crippen molar-refractivity contribution in [3.63, 3.8) is 0 Å². The highest BCUT2D eigenvalue weighted by molar-refractivity contribution is 5.35. The molecule has 0 spiro atoms. The Morgan fingerprint density at radius 1 is 1.37 bits per heavy atom. The van der Waals surface area contributed by atoms with E-state index in [0.29, 0.717) is 18.4 Å². The Morgan fingerprint density at radius 3 is 2.63 bits per heavy atom. The van der Waals surface area contributed by atoms with Crippen molar-refractivity contribution in [3.05, 3.63) is 17.6 Å². The van der Waals surface area contributed by atoms with Gasteiger partial charge in [-0.15, -0.1) is 0 Å². The van der Waals surface area contributed by atoms with Gasteiger partial charge in [0.25, 0.3) is 0 Å². The van der Waals surface area contributed by atoms with Crippen molar-refractivity contribution in [1.29, 1.82) is 0 Å². The van der Waals surface area contributed by atoms with Crippen molar-refractivity contribution < 1.29 is 4.74 Å². The zero-order chi connectivity index (χ0) is 13.8. The predicted octanol–water partition coefficient (Wildman–Crippen LogP) is 3.20. The molecule has 1 saturated carbocycles. The number of rotatable bonds is 7. The first-order valence-corrected chi connectivity index (χ1v) is 7.31. The number of anilines is 1. The molecule has 19 heavy (non-hydrogen) atoms. The maximum atomic E-state index is 5.86. The van der Waals surface area contributed by atoms with Crippen LogP contribution < -0.4 is 5.32 Å². The van der Waals surface area contributed by atoms with Gasteiger partial charge in [-0.25, -0.2) is 9.97 Å². The lowest BCUT2D eigenvalue weighted by Crippen LogP contribution is -2.14. The van der Waals surface area contributed by atoms with E-state index in [-0.39, 0.29) is 6.10 Å². The summed E-state index contributed by atoms with van der Waals surface area (Å²) in [6.45, 7) is 7.17. The summed E-state index contributed by atoms with van der Waals surface area (Å²) in [4.78, 5) is 9.32. The van der Waals surface area contributed by atoms with Crippen LogP contribution >= 0.6 is 0 Å². The third-order valence-corrected chi connectivity index (χ3v) is 3.32. The van der Waals surface area contributed by atoms with Crippen LogP contribution in [-0.2, 0) is 11.2 Å². The molecule has 2 rings (SSSR count). The van der Waals surface area contributed by atoms with E-state index in [0.717, 1.165) is 23.8 Å². The fourth-order valence-corrected chi connectivity index (χ4v) is 2.30. The average molecular weight is 263 g/mol. The van der Waals surface area contributed by atoms with E-state index in [9.17, 15) is 0 Å². The van der Waals surface area contributed by atoms with Crippen LogP contribution in [0.2, 0.25) is 0 Å². The summed E-state index contributed by atoms with van der Waals surface area (Å²) in [5, 5.41) is 3.13. The Bertz CT molecular complexity index is 416. The molecule has 1 atom stereocenters. The molecule has 106 valence electrons. The number of nitrogens with zero attached hydrogens (tertiary/aromatic N) is 2. The molecule has 0 amide bonds. The summed E-state index contributed by atoms with van der Waals surface area (Å²) in [6.07, 6.45) is 3.52. The van der Waals surface area contributed by atoms with E-state index >= 15 is 0 Å². The van der Waals surface area contributed by atoms with E-state index in [4.69, 9.17) is 9.72 Å². The number of aromatic nitrogens is 2. The van der Waals surface area contributed by atoms with Crippen molar-refractivity contribution in [2.24, 2.45) is 11.8 Å². The fraction of sp³-hybridized carbons (Fsp3) is 0.733. The number of hydrogen-bond donors (Lipinski definition) is 1. The summed E-state index contributed by atoms with van der Waals surface area (Å²) in [6, 6.07) is 2.04. The molecule has 1 heterocycles. The third kappa shape index (κ3) is 3.90. The van der Waals surface area contributed by atoms with Crippen molar-refractivity contribution in [2.75, 3.05) is 19.0 Å². The zero-order valence-corrected chi connectivity index (χ0v) is 12.4. The topological polar surface area (TPSA) is 47.0 Å². The summed E-state index contributed by atoms with van der Waals surface area (Å²) in [5.74, 6) is 2.95. The van der Waals surface area contributed by atoms with Gasteiger partial charge < -0.3 is 10.1 Å². The molecule has 1 aliphatic rings. The molecule has 4 heteroatoms. The summed E-state index contributed by atoms with van der Waals surface area (Å²) < 4.78 is 5.86. The Kier molecular flexibility index (Phi) is 4.75. The van der Waals surface area contributed by atoms with Crippen molar-refractivity contribution >= 4 is 5.82 Å². The van der Waals surface area contributed by atoms with Crippen molar-refractivity contribution in [2.45, 2.75) is 46.1 Å². The van der Waals surface area contributed by atoms with Crippen LogP contribution in [0.1, 0.15) is 51.2 Å². The summed E-state index contributed by atoms with van der Waals surface area (Å²) in [5.41, 5.74) is 1.11. The monoisotopic (exact) mass is 263 g/mol. The maximum absolute atomic E-state index is 5.86. The predicted molar refractivity (Wildman–Crippen MR) is 77.2 cm³/mol. The second kappa shape index (κ2) is 6.33. The zero-order valence-electron chi connectivity index (χ0n) is 12.4. The van der Waals surface area contributed by atoms with Gasteiger partial charge in [-0.05, 0) is 38.0 Å². The first kappa shape index (κ1) is 14.3. The third-order valence-electron chi connectivity index (χ3n) is 3.32. The minimum absolute atomic E-state index is 0.0733. The maximum Gasteiger partial charge on any atom is 0.160 e. The summed E-state index contributed by atoms with van der Waals surface area (Å²) >= 11 is 0. The molecule has 0 bridgehead atoms. The second-order valence-electron chi connectivity index (χ2n) is 5.66. The van der Waals surface area contributed by atoms with Gasteiger partial charge in [-0.3, -0.25) is 0 Å². The van der Waals surface area contributed by atoms with Gasteiger partial charge in [0.1, 0.15) is 11.9 Å². The number of hydrogen-bond acceptors (Lipinski definition) is 4. The Labute approximate surface area is 116 Å². The average Bonchev–Trinajstić information content (AvgIpc) is 3.18. The largest absolute Gasteiger partial charge is 0.373 e. The second-order valence-corrected chi connectivity index (χ2v) is 5.66. The van der Waals surface area contributed by atoms with Crippen molar-refractivity contribution in [3.8, 4) is 0 Å². The van der Waals surface area contributed by atoms with Gasteiger partial charge in [-0.1, -0.05) is 13.8 Å². The van der Waals surface area contributed by atoms with Crippen LogP contribution in [0.5, 0.6) is 0 Å². The minimum Gasteiger partial charge on any atom is -0.373 e. The Balaban J connectivity index is 2.26. The molecule has 1 aromatic heterocycles. The first-order chi connectivity index (χ1) is 9.13. The lowest BCUT2D eigenvalue weighted by atomic mass is 10.1. The normalized spacial score (nSPS) is 16.7. The molecule has 1 fully saturated rings. The molecular formula is C15H25N3O. The quantitative estimate of drug-likeness (QED) is 0.820. The van der Waals surface area contributed by atoms with Crippen molar-refractivity contribution in [1.82, 2.24) is 9.97 Å². The van der Waals surface area contributed by atoms with Crippen LogP contribution in [0.15, 0.2) is 6.07 Å². The van der Waals surface area contributed by atoms with Crippen LogP contribution in [0, 0.1) is 11.8 Å². The molecule has 0 aliphatic heterocycles. The van der Waals surface area contributed by atoms with Gasteiger partial charge >= 0.3 is 0 Å². The number of nitrogens with one attached hydrogen (secondary N) is 1. The van der Waals surface area contributed by atoms with Crippen LogP contribution in [0.25, 0.3) is 0 Å². The summed E-state index contributed by atoms with van der Waals surface area (Å²) in [7, 11) is 1.90. The van der Waals surface area contributed by atoms with E-state index < -0.39 is 0 Å². The van der Waals surface area contributed by atoms with Crippen LogP contribution in [0.3, 0.4) is 0 Å². The SMILES string of the molecule is CCOC(c1nc(CC(C)C)cc(NC)n1)C1CC1. The molecule has 1 aliphatic carbocycles. The van der Waals surface area contributed by atoms with Crippen LogP contribution in [-0.4, -0.2) is 23.6 Å². The number of ether oxygens (including phenoxy) is 1. The fourth-order valence-electron chi connectivity index (χ4n) is 2.30. The van der Waals surface area contributed by atoms with E-state index in [2.05, 4.69) is 24.1 Å². The van der Waals surface area contributed by atoms with Gasteiger partial charge in [0.05, 0.1) is 0 Å². The highest BCUT2D eigenvalue weighted by Gasteiger charge is 2.35.